The van der Waals surface area contributed by atoms with Crippen molar-refractivity contribution in [1.29, 1.82) is 0 Å². The Balaban J connectivity index is 1.21. The number of halogens is 2. The maximum atomic E-state index is 13.6. The van der Waals surface area contributed by atoms with Crippen LogP contribution in [0.2, 0.25) is 10.0 Å². The highest BCUT2D eigenvalue weighted by molar-refractivity contribution is 7.89. The first-order chi connectivity index (χ1) is 19.3. The van der Waals surface area contributed by atoms with Gasteiger partial charge in [0, 0.05) is 22.8 Å². The predicted octanol–water partition coefficient (Wildman–Crippen LogP) is 4.14. The van der Waals surface area contributed by atoms with Crippen molar-refractivity contribution in [2.75, 3.05) is 19.6 Å². The molecule has 9 nitrogen and oxygen atoms in total. The standard InChI is InChI=1S/C28H30Cl2N4O5S2/c1-16(2)10-20(32-26(36)22-11-17-6-4-5-7-21(17)40-22)27(37)34-14-24-28(34,3)15-33(24)25(35)13-31-41(38,39)23-12-18(29)8-9-19(23)30/h4-9,11-12,16,20,24,31H,10,13-15H2,1-3H3,(H,32,36)/t20?,24-,28-/m1/s1. The van der Waals surface area contributed by atoms with Gasteiger partial charge in [-0.2, -0.15) is 0 Å². The molecule has 2 fully saturated rings. The third-order valence-corrected chi connectivity index (χ3v) is 10.9. The monoisotopic (exact) mass is 636 g/mol. The number of nitrogens with zero attached hydrogens (tertiary/aromatic N) is 2. The number of rotatable bonds is 9. The summed E-state index contributed by atoms with van der Waals surface area (Å²) in [6.07, 6.45) is 0.475. The Morgan fingerprint density at radius 1 is 1.12 bits per heavy atom. The lowest BCUT2D eigenvalue weighted by Gasteiger charge is -2.69. The Morgan fingerprint density at radius 2 is 1.85 bits per heavy atom. The van der Waals surface area contributed by atoms with Crippen LogP contribution in [0.4, 0.5) is 0 Å². The number of sulfonamides is 1. The van der Waals surface area contributed by atoms with Gasteiger partial charge in [0.2, 0.25) is 21.8 Å². The SMILES string of the molecule is CC(C)CC(NC(=O)c1cc2ccccc2s1)C(=O)N1C[C@H]2N(C(=O)CNS(=O)(=O)c3cc(Cl)ccc3Cl)C[C@]21C. The molecule has 3 aromatic rings. The zero-order chi connectivity index (χ0) is 29.7. The molecule has 0 aliphatic carbocycles. The minimum absolute atomic E-state index is 0.00517. The molecule has 1 unspecified atom stereocenters. The Morgan fingerprint density at radius 3 is 2.51 bits per heavy atom. The highest BCUT2D eigenvalue weighted by Crippen LogP contribution is 2.44. The van der Waals surface area contributed by atoms with E-state index >= 15 is 0 Å². The largest absolute Gasteiger partial charge is 0.340 e. The number of fused-ring (bicyclic) bond motifs is 2. The number of piperazine rings is 1. The summed E-state index contributed by atoms with van der Waals surface area (Å²) in [4.78, 5) is 43.3. The Kier molecular flexibility index (Phi) is 8.12. The number of amides is 3. The van der Waals surface area contributed by atoms with Crippen molar-refractivity contribution >= 4 is 72.4 Å². The fraction of sp³-hybridized carbons (Fsp3) is 0.393. The van der Waals surface area contributed by atoms with Gasteiger partial charge in [-0.15, -0.1) is 11.3 Å². The van der Waals surface area contributed by atoms with E-state index < -0.39 is 34.1 Å². The van der Waals surface area contributed by atoms with Crippen molar-refractivity contribution in [2.45, 2.75) is 49.7 Å². The molecule has 0 spiro atoms. The number of hydrogen-bond donors (Lipinski definition) is 2. The van der Waals surface area contributed by atoms with E-state index in [-0.39, 0.29) is 45.3 Å². The van der Waals surface area contributed by atoms with Crippen LogP contribution in [0.1, 0.15) is 36.9 Å². The molecular formula is C28H30Cl2N4O5S2. The van der Waals surface area contributed by atoms with Crippen molar-refractivity contribution in [2.24, 2.45) is 5.92 Å². The van der Waals surface area contributed by atoms with Gasteiger partial charge < -0.3 is 15.1 Å². The van der Waals surface area contributed by atoms with Crippen LogP contribution < -0.4 is 10.0 Å². The van der Waals surface area contributed by atoms with Crippen molar-refractivity contribution in [3.05, 3.63) is 63.5 Å². The molecule has 2 N–H and O–H groups in total. The van der Waals surface area contributed by atoms with E-state index in [1.165, 1.54) is 29.5 Å². The fourth-order valence-corrected chi connectivity index (χ4v) is 8.14. The van der Waals surface area contributed by atoms with E-state index in [9.17, 15) is 22.8 Å². The van der Waals surface area contributed by atoms with E-state index in [1.807, 2.05) is 51.1 Å². The first-order valence-electron chi connectivity index (χ1n) is 13.2. The van der Waals surface area contributed by atoms with Gasteiger partial charge in [0.05, 0.1) is 28.0 Å². The maximum Gasteiger partial charge on any atom is 0.262 e. The average Bonchev–Trinajstić information content (AvgIpc) is 3.36. The number of likely N-dealkylation sites (tertiary alicyclic amines) is 2. The quantitative estimate of drug-likeness (QED) is 0.366. The summed E-state index contributed by atoms with van der Waals surface area (Å²) in [6.45, 7) is 6.01. The van der Waals surface area contributed by atoms with Crippen LogP contribution in [0.25, 0.3) is 10.1 Å². The first kappa shape index (κ1) is 29.8. The summed E-state index contributed by atoms with van der Waals surface area (Å²) in [5.41, 5.74) is -0.584. The zero-order valence-corrected chi connectivity index (χ0v) is 25.8. The summed E-state index contributed by atoms with van der Waals surface area (Å²) in [5, 5.41) is 4.12. The van der Waals surface area contributed by atoms with Gasteiger partial charge in [-0.25, -0.2) is 13.1 Å². The molecule has 2 saturated heterocycles. The fourth-order valence-electron chi connectivity index (χ4n) is 5.44. The molecule has 0 radical (unpaired) electrons. The van der Waals surface area contributed by atoms with Gasteiger partial charge in [-0.1, -0.05) is 55.2 Å². The third-order valence-electron chi connectivity index (χ3n) is 7.70. The lowest BCUT2D eigenvalue weighted by Crippen LogP contribution is -2.88. The van der Waals surface area contributed by atoms with E-state index in [1.54, 1.807) is 9.80 Å². The Labute approximate surface area is 252 Å². The van der Waals surface area contributed by atoms with Crippen LogP contribution in [0.3, 0.4) is 0 Å². The molecule has 2 aromatic carbocycles. The van der Waals surface area contributed by atoms with Gasteiger partial charge in [0.15, 0.2) is 0 Å². The van der Waals surface area contributed by atoms with E-state index in [0.717, 1.165) is 10.1 Å². The van der Waals surface area contributed by atoms with Crippen LogP contribution in [-0.4, -0.2) is 73.2 Å². The minimum atomic E-state index is -4.06. The highest BCUT2D eigenvalue weighted by atomic mass is 35.5. The molecule has 2 aliphatic rings. The molecule has 5 rings (SSSR count). The second-order valence-corrected chi connectivity index (χ2v) is 14.7. The van der Waals surface area contributed by atoms with Gasteiger partial charge in [-0.3, -0.25) is 14.4 Å². The van der Waals surface area contributed by atoms with Gasteiger partial charge in [0.1, 0.15) is 10.9 Å². The van der Waals surface area contributed by atoms with Gasteiger partial charge >= 0.3 is 0 Å². The molecule has 3 heterocycles. The molecule has 13 heteroatoms. The molecule has 3 amide bonds. The second kappa shape index (κ2) is 11.2. The molecule has 41 heavy (non-hydrogen) atoms. The van der Waals surface area contributed by atoms with Crippen LogP contribution in [0, 0.1) is 5.92 Å². The van der Waals surface area contributed by atoms with E-state index in [4.69, 9.17) is 23.2 Å². The normalized spacial score (nSPS) is 20.8. The number of carbonyl (C=O) groups excluding carboxylic acids is 3. The highest BCUT2D eigenvalue weighted by Gasteiger charge is 2.64. The average molecular weight is 638 g/mol. The first-order valence-corrected chi connectivity index (χ1v) is 16.2. The molecular weight excluding hydrogens is 607 g/mol. The topological polar surface area (TPSA) is 116 Å². The number of hydrogen-bond acceptors (Lipinski definition) is 6. The smallest absolute Gasteiger partial charge is 0.262 e. The van der Waals surface area contributed by atoms with Gasteiger partial charge in [-0.05, 0) is 55.0 Å². The van der Waals surface area contributed by atoms with E-state index in [0.29, 0.717) is 17.8 Å². The molecule has 3 atom stereocenters. The summed E-state index contributed by atoms with van der Waals surface area (Å²) in [6, 6.07) is 12.7. The number of nitrogens with one attached hydrogen (secondary N) is 2. The summed E-state index contributed by atoms with van der Waals surface area (Å²) < 4.78 is 28.7. The van der Waals surface area contributed by atoms with Crippen LogP contribution in [0.15, 0.2) is 53.4 Å². The van der Waals surface area contributed by atoms with Crippen molar-refractivity contribution < 1.29 is 22.8 Å². The molecule has 218 valence electrons. The molecule has 1 aromatic heterocycles. The van der Waals surface area contributed by atoms with Gasteiger partial charge in [0.25, 0.3) is 5.91 Å². The van der Waals surface area contributed by atoms with Crippen molar-refractivity contribution in [3.8, 4) is 0 Å². The van der Waals surface area contributed by atoms with Crippen LogP contribution in [-0.2, 0) is 19.6 Å². The molecule has 2 aliphatic heterocycles. The van der Waals surface area contributed by atoms with Crippen molar-refractivity contribution in [3.63, 3.8) is 0 Å². The number of benzene rings is 2. The predicted molar refractivity (Wildman–Crippen MR) is 160 cm³/mol. The summed E-state index contributed by atoms with van der Waals surface area (Å²) >= 11 is 13.3. The summed E-state index contributed by atoms with van der Waals surface area (Å²) in [7, 11) is -4.06. The minimum Gasteiger partial charge on any atom is -0.340 e. The van der Waals surface area contributed by atoms with Crippen molar-refractivity contribution in [1.82, 2.24) is 19.8 Å². The lowest BCUT2D eigenvalue weighted by molar-refractivity contribution is -0.205. The maximum absolute atomic E-state index is 13.6. The van der Waals surface area contributed by atoms with E-state index in [2.05, 4.69) is 10.0 Å². The summed E-state index contributed by atoms with van der Waals surface area (Å²) in [5.74, 6) is -0.713. The third kappa shape index (κ3) is 5.70. The second-order valence-electron chi connectivity index (χ2n) is 11.0. The lowest BCUT2D eigenvalue weighted by atomic mass is 9.71. The number of thiophene rings is 1. The molecule has 0 saturated carbocycles. The zero-order valence-electron chi connectivity index (χ0n) is 22.7. The number of carbonyl (C=O) groups is 3. The van der Waals surface area contributed by atoms with Crippen LogP contribution >= 0.6 is 34.5 Å². The Bertz CT molecular complexity index is 1610. The Hall–Kier alpha value is -2.70. The molecule has 0 bridgehead atoms. The van der Waals surface area contributed by atoms with Crippen LogP contribution in [0.5, 0.6) is 0 Å².